The van der Waals surface area contributed by atoms with E-state index in [1.165, 1.54) is 6.26 Å². The monoisotopic (exact) mass is 302 g/mol. The molecule has 0 bridgehead atoms. The minimum atomic E-state index is -2.93. The van der Waals surface area contributed by atoms with Gasteiger partial charge in [0, 0.05) is 30.8 Å². The minimum absolute atomic E-state index is 0.00746. The van der Waals surface area contributed by atoms with E-state index in [-0.39, 0.29) is 17.7 Å². The van der Waals surface area contributed by atoms with Gasteiger partial charge in [-0.3, -0.25) is 9.69 Å². The maximum absolute atomic E-state index is 12.0. The molecule has 19 heavy (non-hydrogen) atoms. The third kappa shape index (κ3) is 4.02. The highest BCUT2D eigenvalue weighted by atomic mass is 32.2. The molecule has 5 nitrogen and oxygen atoms in total. The summed E-state index contributed by atoms with van der Waals surface area (Å²) in [7, 11) is -2.93. The Labute approximate surface area is 117 Å². The number of nitrogens with one attached hydrogen (secondary N) is 1. The van der Waals surface area contributed by atoms with Crippen LogP contribution in [0.3, 0.4) is 0 Å². The average Bonchev–Trinajstić information content (AvgIpc) is 2.80. The third-order valence-corrected chi connectivity index (χ3v) is 5.04. The number of thiophene rings is 1. The van der Waals surface area contributed by atoms with Crippen molar-refractivity contribution in [2.24, 2.45) is 0 Å². The second-order valence-electron chi connectivity index (χ2n) is 4.73. The largest absolute Gasteiger partial charge is 0.353 e. The molecule has 1 fully saturated rings. The molecule has 0 saturated carbocycles. The van der Waals surface area contributed by atoms with Crippen LogP contribution in [-0.4, -0.2) is 50.9 Å². The highest BCUT2D eigenvalue weighted by molar-refractivity contribution is 7.90. The van der Waals surface area contributed by atoms with Gasteiger partial charge in [-0.25, -0.2) is 8.42 Å². The smallest absolute Gasteiger partial charge is 0.242 e. The summed E-state index contributed by atoms with van der Waals surface area (Å²) in [6.45, 7) is 2.01. The SMILES string of the molecule is CS(=O)(=O)CCCN1CCNC(=O)[C@@H]1c1cccs1. The standard InChI is InChI=1S/C12H18N2O3S2/c1-19(16,17)9-3-6-14-7-5-13-12(15)11(14)10-4-2-8-18-10/h2,4,8,11H,3,5-7,9H2,1H3,(H,13,15)/t11-/m0/s1. The zero-order chi connectivity index (χ0) is 13.9. The average molecular weight is 302 g/mol. The molecule has 0 aromatic carbocycles. The number of piperazine rings is 1. The number of carbonyl (C=O) groups excluding carboxylic acids is 1. The van der Waals surface area contributed by atoms with Crippen LogP contribution in [0.15, 0.2) is 17.5 Å². The summed E-state index contributed by atoms with van der Waals surface area (Å²) >= 11 is 1.56. The van der Waals surface area contributed by atoms with E-state index in [9.17, 15) is 13.2 Å². The second kappa shape index (κ2) is 6.02. The molecule has 2 heterocycles. The van der Waals surface area contributed by atoms with Crippen LogP contribution in [0.5, 0.6) is 0 Å². The fourth-order valence-electron chi connectivity index (χ4n) is 2.24. The van der Waals surface area contributed by atoms with Crippen LogP contribution in [-0.2, 0) is 14.6 Å². The molecule has 7 heteroatoms. The summed E-state index contributed by atoms with van der Waals surface area (Å²) in [4.78, 5) is 15.1. The topological polar surface area (TPSA) is 66.5 Å². The molecule has 1 atom stereocenters. The molecule has 1 aromatic rings. The summed E-state index contributed by atoms with van der Waals surface area (Å²) in [6, 6.07) is 3.61. The van der Waals surface area contributed by atoms with Gasteiger partial charge in [-0.2, -0.15) is 0 Å². The molecule has 106 valence electrons. The number of nitrogens with zero attached hydrogens (tertiary/aromatic N) is 1. The Bertz CT molecular complexity index is 525. The Morgan fingerprint density at radius 2 is 2.32 bits per heavy atom. The minimum Gasteiger partial charge on any atom is -0.353 e. The molecule has 1 saturated heterocycles. The predicted molar refractivity (Wildman–Crippen MR) is 76.0 cm³/mol. The lowest BCUT2D eigenvalue weighted by Crippen LogP contribution is -2.50. The quantitative estimate of drug-likeness (QED) is 0.867. The third-order valence-electron chi connectivity index (χ3n) is 3.08. The molecule has 0 unspecified atom stereocenters. The van der Waals surface area contributed by atoms with Gasteiger partial charge in [0.05, 0.1) is 5.75 Å². The summed E-state index contributed by atoms with van der Waals surface area (Å²) in [5, 5.41) is 4.82. The zero-order valence-electron chi connectivity index (χ0n) is 10.8. The lowest BCUT2D eigenvalue weighted by Gasteiger charge is -2.34. The first kappa shape index (κ1) is 14.5. The zero-order valence-corrected chi connectivity index (χ0v) is 12.5. The van der Waals surface area contributed by atoms with E-state index in [4.69, 9.17) is 0 Å². The van der Waals surface area contributed by atoms with E-state index in [0.717, 1.165) is 11.4 Å². The number of hydrogen-bond acceptors (Lipinski definition) is 5. The molecule has 0 spiro atoms. The summed E-state index contributed by atoms with van der Waals surface area (Å²) < 4.78 is 22.3. The van der Waals surface area contributed by atoms with Gasteiger partial charge in [0.1, 0.15) is 15.9 Å². The normalized spacial score (nSPS) is 21.3. The fourth-order valence-corrected chi connectivity index (χ4v) is 3.75. The molecular formula is C12H18N2O3S2. The van der Waals surface area contributed by atoms with Crippen LogP contribution < -0.4 is 5.32 Å². The maximum Gasteiger partial charge on any atom is 0.242 e. The summed E-state index contributed by atoms with van der Waals surface area (Å²) in [5.74, 6) is 0.176. The molecular weight excluding hydrogens is 284 g/mol. The number of hydrogen-bond donors (Lipinski definition) is 1. The van der Waals surface area contributed by atoms with Crippen molar-refractivity contribution in [1.82, 2.24) is 10.2 Å². The lowest BCUT2D eigenvalue weighted by molar-refractivity contribution is -0.129. The molecule has 0 aliphatic carbocycles. The van der Waals surface area contributed by atoms with Crippen LogP contribution in [0.1, 0.15) is 17.3 Å². The van der Waals surface area contributed by atoms with E-state index in [0.29, 0.717) is 19.5 Å². The predicted octanol–water partition coefficient (Wildman–Crippen LogP) is 0.656. The first-order valence-corrected chi connectivity index (χ1v) is 9.14. The van der Waals surface area contributed by atoms with Crippen LogP contribution in [0, 0.1) is 0 Å². The van der Waals surface area contributed by atoms with Gasteiger partial charge in [0.25, 0.3) is 0 Å². The van der Waals surface area contributed by atoms with Gasteiger partial charge in [0.15, 0.2) is 0 Å². The van der Waals surface area contributed by atoms with Crippen molar-refractivity contribution in [2.75, 3.05) is 31.6 Å². The van der Waals surface area contributed by atoms with E-state index >= 15 is 0 Å². The van der Waals surface area contributed by atoms with Crippen molar-refractivity contribution in [3.8, 4) is 0 Å². The first-order chi connectivity index (χ1) is 8.97. The fraction of sp³-hybridized carbons (Fsp3) is 0.583. The summed E-state index contributed by atoms with van der Waals surface area (Å²) in [5.41, 5.74) is 0. The first-order valence-electron chi connectivity index (χ1n) is 6.20. The second-order valence-corrected chi connectivity index (χ2v) is 7.97. The van der Waals surface area contributed by atoms with Crippen molar-refractivity contribution in [3.63, 3.8) is 0 Å². The Hall–Kier alpha value is -0.920. The van der Waals surface area contributed by atoms with E-state index < -0.39 is 9.84 Å². The highest BCUT2D eigenvalue weighted by Gasteiger charge is 2.31. The Balaban J connectivity index is 2.02. The van der Waals surface area contributed by atoms with Gasteiger partial charge < -0.3 is 5.32 Å². The molecule has 1 aliphatic rings. The number of amides is 1. The van der Waals surface area contributed by atoms with Crippen LogP contribution in [0.25, 0.3) is 0 Å². The maximum atomic E-state index is 12.0. The number of sulfone groups is 1. The van der Waals surface area contributed by atoms with Crippen molar-refractivity contribution >= 4 is 27.1 Å². The van der Waals surface area contributed by atoms with Gasteiger partial charge in [0.2, 0.25) is 5.91 Å². The van der Waals surface area contributed by atoms with E-state index in [2.05, 4.69) is 10.2 Å². The van der Waals surface area contributed by atoms with Gasteiger partial charge >= 0.3 is 0 Å². The molecule has 1 amide bonds. The Kier molecular flexibility index (Phi) is 4.59. The van der Waals surface area contributed by atoms with E-state index in [1.54, 1.807) is 11.3 Å². The van der Waals surface area contributed by atoms with Gasteiger partial charge in [-0.1, -0.05) is 6.07 Å². The molecule has 1 N–H and O–H groups in total. The molecule has 1 aromatic heterocycles. The lowest BCUT2D eigenvalue weighted by atomic mass is 10.1. The van der Waals surface area contributed by atoms with E-state index in [1.807, 2.05) is 17.5 Å². The summed E-state index contributed by atoms with van der Waals surface area (Å²) in [6.07, 6.45) is 1.81. The van der Waals surface area contributed by atoms with Crippen molar-refractivity contribution in [3.05, 3.63) is 22.4 Å². The van der Waals surface area contributed by atoms with Gasteiger partial charge in [-0.05, 0) is 17.9 Å². The van der Waals surface area contributed by atoms with Gasteiger partial charge in [-0.15, -0.1) is 11.3 Å². The Morgan fingerprint density at radius 1 is 1.53 bits per heavy atom. The molecule has 1 aliphatic heterocycles. The number of rotatable bonds is 5. The van der Waals surface area contributed by atoms with Crippen molar-refractivity contribution in [2.45, 2.75) is 12.5 Å². The molecule has 2 rings (SSSR count). The van der Waals surface area contributed by atoms with Crippen molar-refractivity contribution in [1.29, 1.82) is 0 Å². The number of carbonyl (C=O) groups is 1. The Morgan fingerprint density at radius 3 is 2.95 bits per heavy atom. The highest BCUT2D eigenvalue weighted by Crippen LogP contribution is 2.27. The van der Waals surface area contributed by atoms with Crippen LogP contribution in [0.4, 0.5) is 0 Å². The molecule has 0 radical (unpaired) electrons. The van der Waals surface area contributed by atoms with Crippen LogP contribution in [0.2, 0.25) is 0 Å². The van der Waals surface area contributed by atoms with Crippen LogP contribution >= 0.6 is 11.3 Å². The van der Waals surface area contributed by atoms with Crippen molar-refractivity contribution < 1.29 is 13.2 Å².